The van der Waals surface area contributed by atoms with Crippen LogP contribution in [0, 0.1) is 0 Å². The number of hydrogen-bond acceptors (Lipinski definition) is 5. The Labute approximate surface area is 189 Å². The summed E-state index contributed by atoms with van der Waals surface area (Å²) in [5, 5.41) is 4.89. The molecule has 6 nitrogen and oxygen atoms in total. The van der Waals surface area contributed by atoms with Crippen molar-refractivity contribution in [1.82, 2.24) is 24.5 Å². The average Bonchev–Trinajstić information content (AvgIpc) is 3.22. The standard InChI is InChI=1S/C24H23F3N6/c25-24(26,27)10-13-31-14-16-32(17-15-31)21-7-6-20-29-22(18-4-2-1-3-5-18)23(33(20)30-21)19-8-11-28-12-9-19/h1-9,11-12H,10,13-17H2. The highest BCUT2D eigenvalue weighted by Gasteiger charge is 2.29. The molecular formula is C24H23F3N6. The van der Waals surface area contributed by atoms with E-state index in [2.05, 4.69) is 9.88 Å². The lowest BCUT2D eigenvalue weighted by atomic mass is 10.1. The molecule has 0 radical (unpaired) electrons. The number of fused-ring (bicyclic) bond motifs is 1. The first kappa shape index (κ1) is 21.4. The summed E-state index contributed by atoms with van der Waals surface area (Å²) in [7, 11) is 0. The molecule has 0 amide bonds. The fourth-order valence-electron chi connectivity index (χ4n) is 4.14. The van der Waals surface area contributed by atoms with Crippen LogP contribution in [-0.4, -0.2) is 63.4 Å². The maximum Gasteiger partial charge on any atom is 0.390 e. The third kappa shape index (κ3) is 4.68. The molecule has 4 heterocycles. The topological polar surface area (TPSA) is 49.6 Å². The molecule has 0 bridgehead atoms. The zero-order valence-corrected chi connectivity index (χ0v) is 17.9. The Bertz CT molecular complexity index is 1220. The van der Waals surface area contributed by atoms with E-state index in [4.69, 9.17) is 10.1 Å². The molecule has 5 rings (SSSR count). The molecule has 4 aromatic rings. The predicted molar refractivity (Wildman–Crippen MR) is 121 cm³/mol. The second-order valence-corrected chi connectivity index (χ2v) is 8.07. The number of hydrogen-bond donors (Lipinski definition) is 0. The van der Waals surface area contributed by atoms with Gasteiger partial charge in [-0.25, -0.2) is 9.50 Å². The van der Waals surface area contributed by atoms with Gasteiger partial charge in [0.05, 0.1) is 12.1 Å². The van der Waals surface area contributed by atoms with Crippen molar-refractivity contribution in [3.05, 3.63) is 67.0 Å². The van der Waals surface area contributed by atoms with Crippen molar-refractivity contribution in [1.29, 1.82) is 0 Å². The highest BCUT2D eigenvalue weighted by atomic mass is 19.4. The number of halogens is 3. The van der Waals surface area contributed by atoms with Gasteiger partial charge in [0.25, 0.3) is 0 Å². The second kappa shape index (κ2) is 8.82. The lowest BCUT2D eigenvalue weighted by molar-refractivity contribution is -0.138. The molecule has 1 saturated heterocycles. The van der Waals surface area contributed by atoms with Crippen LogP contribution >= 0.6 is 0 Å². The SMILES string of the molecule is FC(F)(F)CCN1CCN(c2ccc3nc(-c4ccccc4)c(-c4ccncc4)n3n2)CC1. The summed E-state index contributed by atoms with van der Waals surface area (Å²) in [5.74, 6) is 0.783. The van der Waals surface area contributed by atoms with E-state index in [0.29, 0.717) is 26.2 Å². The van der Waals surface area contributed by atoms with E-state index in [1.807, 2.05) is 64.0 Å². The second-order valence-electron chi connectivity index (χ2n) is 8.07. The molecule has 1 aliphatic heterocycles. The lowest BCUT2D eigenvalue weighted by Gasteiger charge is -2.35. The van der Waals surface area contributed by atoms with Gasteiger partial charge in [0, 0.05) is 56.2 Å². The van der Waals surface area contributed by atoms with Gasteiger partial charge in [-0.15, -0.1) is 5.10 Å². The summed E-state index contributed by atoms with van der Waals surface area (Å²) in [5.41, 5.74) is 4.40. The van der Waals surface area contributed by atoms with Crippen LogP contribution in [0.5, 0.6) is 0 Å². The summed E-state index contributed by atoms with van der Waals surface area (Å²) in [6.07, 6.45) is -1.41. The average molecular weight is 452 g/mol. The molecule has 1 fully saturated rings. The van der Waals surface area contributed by atoms with Crippen LogP contribution < -0.4 is 4.90 Å². The smallest absolute Gasteiger partial charge is 0.353 e. The summed E-state index contributed by atoms with van der Waals surface area (Å²) in [4.78, 5) is 13.0. The van der Waals surface area contributed by atoms with Crippen molar-refractivity contribution in [3.63, 3.8) is 0 Å². The van der Waals surface area contributed by atoms with Crippen LogP contribution in [0.1, 0.15) is 6.42 Å². The quantitative estimate of drug-likeness (QED) is 0.445. The van der Waals surface area contributed by atoms with Gasteiger partial charge in [0.15, 0.2) is 5.65 Å². The molecule has 1 aromatic carbocycles. The number of aromatic nitrogens is 4. The third-order valence-electron chi connectivity index (χ3n) is 5.87. The number of nitrogens with zero attached hydrogens (tertiary/aromatic N) is 6. The maximum atomic E-state index is 12.5. The number of anilines is 1. The number of imidazole rings is 1. The van der Waals surface area contributed by atoms with Gasteiger partial charge in [-0.2, -0.15) is 13.2 Å². The van der Waals surface area contributed by atoms with E-state index in [0.717, 1.165) is 34.0 Å². The molecule has 33 heavy (non-hydrogen) atoms. The molecule has 0 spiro atoms. The summed E-state index contributed by atoms with van der Waals surface area (Å²) < 4.78 is 39.5. The third-order valence-corrected chi connectivity index (χ3v) is 5.87. The van der Waals surface area contributed by atoms with Crippen LogP contribution in [0.4, 0.5) is 19.0 Å². The molecular weight excluding hydrogens is 429 g/mol. The highest BCUT2D eigenvalue weighted by molar-refractivity contribution is 5.81. The van der Waals surface area contributed by atoms with Crippen molar-refractivity contribution in [2.45, 2.75) is 12.6 Å². The van der Waals surface area contributed by atoms with E-state index in [1.54, 1.807) is 12.4 Å². The fraction of sp³-hybridized carbons (Fsp3) is 0.292. The zero-order valence-electron chi connectivity index (χ0n) is 17.9. The van der Waals surface area contributed by atoms with Crippen molar-refractivity contribution in [2.75, 3.05) is 37.6 Å². The molecule has 1 aliphatic rings. The Hall–Kier alpha value is -3.46. The Morgan fingerprint density at radius 3 is 2.24 bits per heavy atom. The van der Waals surface area contributed by atoms with Crippen molar-refractivity contribution >= 4 is 11.5 Å². The predicted octanol–water partition coefficient (Wildman–Crippen LogP) is 4.53. The van der Waals surface area contributed by atoms with E-state index in [1.165, 1.54) is 0 Å². The molecule has 0 atom stereocenters. The van der Waals surface area contributed by atoms with Gasteiger partial charge >= 0.3 is 6.18 Å². The van der Waals surface area contributed by atoms with Gasteiger partial charge in [-0.05, 0) is 24.3 Å². The first-order chi connectivity index (χ1) is 16.0. The lowest BCUT2D eigenvalue weighted by Crippen LogP contribution is -2.47. The molecule has 9 heteroatoms. The van der Waals surface area contributed by atoms with Gasteiger partial charge in [-0.3, -0.25) is 9.88 Å². The van der Waals surface area contributed by atoms with E-state index in [9.17, 15) is 13.2 Å². The number of alkyl halides is 3. The summed E-state index contributed by atoms with van der Waals surface area (Å²) in [6, 6.07) is 17.7. The van der Waals surface area contributed by atoms with Crippen molar-refractivity contribution in [3.8, 4) is 22.5 Å². The van der Waals surface area contributed by atoms with Crippen LogP contribution in [0.2, 0.25) is 0 Å². The van der Waals surface area contributed by atoms with Gasteiger partial charge in [0.1, 0.15) is 11.5 Å². The minimum atomic E-state index is -4.12. The fourth-order valence-corrected chi connectivity index (χ4v) is 4.14. The number of benzene rings is 1. The first-order valence-electron chi connectivity index (χ1n) is 10.9. The molecule has 0 aliphatic carbocycles. The van der Waals surface area contributed by atoms with Crippen LogP contribution in [0.3, 0.4) is 0 Å². The Balaban J connectivity index is 1.46. The Morgan fingerprint density at radius 2 is 1.55 bits per heavy atom. The zero-order chi connectivity index (χ0) is 22.8. The van der Waals surface area contributed by atoms with Gasteiger partial charge in [-0.1, -0.05) is 30.3 Å². The normalized spacial score (nSPS) is 15.3. The number of pyridine rings is 1. The van der Waals surface area contributed by atoms with E-state index < -0.39 is 12.6 Å². The van der Waals surface area contributed by atoms with Gasteiger partial charge < -0.3 is 4.90 Å². The minimum absolute atomic E-state index is 0.0396. The highest BCUT2D eigenvalue weighted by Crippen LogP contribution is 2.32. The maximum absolute atomic E-state index is 12.5. The van der Waals surface area contributed by atoms with Crippen molar-refractivity contribution < 1.29 is 13.2 Å². The molecule has 0 saturated carbocycles. The van der Waals surface area contributed by atoms with Gasteiger partial charge in [0.2, 0.25) is 0 Å². The van der Waals surface area contributed by atoms with E-state index >= 15 is 0 Å². The largest absolute Gasteiger partial charge is 0.390 e. The van der Waals surface area contributed by atoms with Crippen LogP contribution in [-0.2, 0) is 0 Å². The molecule has 0 unspecified atom stereocenters. The summed E-state index contributed by atoms with van der Waals surface area (Å²) in [6.45, 7) is 2.44. The monoisotopic (exact) mass is 452 g/mol. The Morgan fingerprint density at radius 1 is 0.818 bits per heavy atom. The molecule has 0 N–H and O–H groups in total. The van der Waals surface area contributed by atoms with Crippen LogP contribution in [0.15, 0.2) is 67.0 Å². The molecule has 3 aromatic heterocycles. The molecule has 170 valence electrons. The first-order valence-corrected chi connectivity index (χ1v) is 10.9. The number of rotatable bonds is 5. The summed E-state index contributed by atoms with van der Waals surface area (Å²) >= 11 is 0. The van der Waals surface area contributed by atoms with E-state index in [-0.39, 0.29) is 6.54 Å². The minimum Gasteiger partial charge on any atom is -0.353 e. The number of piperazine rings is 1. The van der Waals surface area contributed by atoms with Crippen molar-refractivity contribution in [2.24, 2.45) is 0 Å². The van der Waals surface area contributed by atoms with Crippen LogP contribution in [0.25, 0.3) is 28.2 Å². The Kier molecular flexibility index (Phi) is 5.72.